The number of fused-ring (bicyclic) bond motifs is 4. The van der Waals surface area contributed by atoms with Crippen molar-refractivity contribution in [1.82, 2.24) is 9.58 Å². The second kappa shape index (κ2) is 11.4. The smallest absolute Gasteiger partial charge is 0.317 e. The standard InChI is InChI=1S/C31H29F2N3O7S/c1-31(2,14-23(38)41-3)30(40)43-27-21(37)9-10-36-25(27)29(39)35-11-12-42-26(28(35)34-36)17-5-4-6-22-18(17)13-16-7-8-20(32)24(33)19(16)15-44-22/h4-10,26,28,34H,11-15H2,1-3H3/t26-,28-/m0/s1. The van der Waals surface area contributed by atoms with Crippen LogP contribution in [0.2, 0.25) is 0 Å². The summed E-state index contributed by atoms with van der Waals surface area (Å²) in [6.45, 7) is 3.33. The lowest BCUT2D eigenvalue weighted by molar-refractivity contribution is -0.153. The molecule has 1 fully saturated rings. The van der Waals surface area contributed by atoms with Gasteiger partial charge in [0.05, 0.1) is 25.6 Å². The summed E-state index contributed by atoms with van der Waals surface area (Å²) < 4.78 is 46.4. The van der Waals surface area contributed by atoms with E-state index in [2.05, 4.69) is 10.2 Å². The van der Waals surface area contributed by atoms with Gasteiger partial charge in [0.25, 0.3) is 5.91 Å². The molecule has 44 heavy (non-hydrogen) atoms. The summed E-state index contributed by atoms with van der Waals surface area (Å²) in [5, 5.41) is 0. The highest BCUT2D eigenvalue weighted by molar-refractivity contribution is 7.98. The van der Waals surface area contributed by atoms with Gasteiger partial charge in [-0.05, 0) is 49.1 Å². The lowest BCUT2D eigenvalue weighted by atomic mass is 9.89. The monoisotopic (exact) mass is 625 g/mol. The molecule has 6 rings (SSSR count). The topological polar surface area (TPSA) is 116 Å². The first-order valence-electron chi connectivity index (χ1n) is 13.9. The molecule has 0 saturated carbocycles. The number of ether oxygens (including phenoxy) is 3. The highest BCUT2D eigenvalue weighted by atomic mass is 32.2. The van der Waals surface area contributed by atoms with Gasteiger partial charge in [-0.25, -0.2) is 8.78 Å². The number of aromatic nitrogens is 1. The number of carbonyl (C=O) groups excluding carboxylic acids is 3. The minimum Gasteiger partial charge on any atom is -0.469 e. The van der Waals surface area contributed by atoms with Crippen LogP contribution in [-0.4, -0.2) is 53.8 Å². The number of hydrogen-bond donors (Lipinski definition) is 1. The van der Waals surface area contributed by atoms with Crippen LogP contribution in [0, 0.1) is 17.0 Å². The average Bonchev–Trinajstić information content (AvgIpc) is 3.20. The summed E-state index contributed by atoms with van der Waals surface area (Å²) in [6, 6.07) is 9.57. The molecule has 1 aromatic heterocycles. The van der Waals surface area contributed by atoms with Gasteiger partial charge >= 0.3 is 11.9 Å². The molecule has 13 heteroatoms. The second-order valence-electron chi connectivity index (χ2n) is 11.4. The first kappa shape index (κ1) is 29.8. The molecule has 0 bridgehead atoms. The van der Waals surface area contributed by atoms with Crippen LogP contribution in [0.1, 0.15) is 59.1 Å². The number of hydrogen-bond acceptors (Lipinski definition) is 9. The Morgan fingerprint density at radius 2 is 1.93 bits per heavy atom. The normalized spacial score (nSPS) is 19.0. The van der Waals surface area contributed by atoms with E-state index in [9.17, 15) is 28.0 Å². The lowest BCUT2D eigenvalue weighted by Gasteiger charge is -2.46. The molecule has 0 radical (unpaired) electrons. The van der Waals surface area contributed by atoms with E-state index in [0.717, 1.165) is 22.1 Å². The summed E-state index contributed by atoms with van der Waals surface area (Å²) in [7, 11) is 1.20. The van der Waals surface area contributed by atoms with Crippen molar-refractivity contribution in [3.63, 3.8) is 0 Å². The van der Waals surface area contributed by atoms with Gasteiger partial charge in [-0.1, -0.05) is 18.2 Å². The molecule has 3 aromatic rings. The van der Waals surface area contributed by atoms with Crippen molar-refractivity contribution < 1.29 is 37.4 Å². The van der Waals surface area contributed by atoms with Crippen LogP contribution in [0.5, 0.6) is 5.75 Å². The number of amides is 1. The van der Waals surface area contributed by atoms with Gasteiger partial charge in [0.2, 0.25) is 11.2 Å². The number of nitrogens with zero attached hydrogens (tertiary/aromatic N) is 2. The largest absolute Gasteiger partial charge is 0.469 e. The summed E-state index contributed by atoms with van der Waals surface area (Å²) in [6.07, 6.45) is 0.0623. The third-order valence-electron chi connectivity index (χ3n) is 8.11. The second-order valence-corrected chi connectivity index (χ2v) is 12.4. The lowest BCUT2D eigenvalue weighted by Crippen LogP contribution is -2.60. The van der Waals surface area contributed by atoms with Gasteiger partial charge in [0.1, 0.15) is 12.3 Å². The number of morpholine rings is 1. The van der Waals surface area contributed by atoms with Gasteiger partial charge in [0, 0.05) is 35.0 Å². The summed E-state index contributed by atoms with van der Waals surface area (Å²) in [5.74, 6) is -3.97. The molecular weight excluding hydrogens is 596 g/mol. The van der Waals surface area contributed by atoms with Gasteiger partial charge in [-0.3, -0.25) is 23.9 Å². The SMILES string of the molecule is COC(=O)CC(C)(C)C(=O)Oc1c2n(ccc1=O)N[C@@H]1[C@H](c3cccc4c3Cc3ccc(F)c(F)c3CS4)OCCN1C2=O. The van der Waals surface area contributed by atoms with Crippen LogP contribution >= 0.6 is 11.8 Å². The Morgan fingerprint density at radius 3 is 2.70 bits per heavy atom. The molecule has 0 unspecified atom stereocenters. The van der Waals surface area contributed by atoms with Crippen molar-refractivity contribution in [2.45, 2.75) is 49.6 Å². The Kier molecular flexibility index (Phi) is 7.70. The molecule has 4 heterocycles. The zero-order valence-electron chi connectivity index (χ0n) is 24.1. The van der Waals surface area contributed by atoms with Crippen LogP contribution in [0.4, 0.5) is 8.78 Å². The minimum atomic E-state index is -1.33. The first-order valence-corrected chi connectivity index (χ1v) is 14.9. The van der Waals surface area contributed by atoms with Crippen LogP contribution in [0.25, 0.3) is 0 Å². The van der Waals surface area contributed by atoms with E-state index in [4.69, 9.17) is 9.47 Å². The van der Waals surface area contributed by atoms with Crippen LogP contribution < -0.4 is 15.6 Å². The highest BCUT2D eigenvalue weighted by Crippen LogP contribution is 2.42. The fourth-order valence-electron chi connectivity index (χ4n) is 5.70. The molecule has 230 valence electrons. The van der Waals surface area contributed by atoms with E-state index in [1.807, 2.05) is 18.2 Å². The zero-order valence-corrected chi connectivity index (χ0v) is 25.0. The maximum Gasteiger partial charge on any atom is 0.317 e. The van der Waals surface area contributed by atoms with Crippen LogP contribution in [-0.2, 0) is 31.2 Å². The van der Waals surface area contributed by atoms with Crippen molar-refractivity contribution >= 4 is 29.6 Å². The van der Waals surface area contributed by atoms with Gasteiger partial charge in [0.15, 0.2) is 17.3 Å². The molecule has 2 aromatic carbocycles. The summed E-state index contributed by atoms with van der Waals surface area (Å²) >= 11 is 1.41. The average molecular weight is 626 g/mol. The molecule has 1 amide bonds. The predicted octanol–water partition coefficient (Wildman–Crippen LogP) is 3.91. The molecule has 0 spiro atoms. The Morgan fingerprint density at radius 1 is 1.14 bits per heavy atom. The third kappa shape index (κ3) is 5.13. The number of pyridine rings is 1. The molecule has 1 saturated heterocycles. The number of nitrogens with one attached hydrogen (secondary N) is 1. The number of esters is 2. The van der Waals surface area contributed by atoms with E-state index in [1.165, 1.54) is 54.6 Å². The number of halogens is 2. The Hall–Kier alpha value is -4.23. The molecule has 1 N–H and O–H groups in total. The van der Waals surface area contributed by atoms with Gasteiger partial charge in [-0.2, -0.15) is 0 Å². The Labute approximate surface area is 255 Å². The van der Waals surface area contributed by atoms with E-state index in [1.54, 1.807) is 6.07 Å². The van der Waals surface area contributed by atoms with Crippen LogP contribution in [0.15, 0.2) is 52.3 Å². The fraction of sp³-hybridized carbons (Fsp3) is 0.355. The Bertz CT molecular complexity index is 1760. The molecule has 3 aliphatic heterocycles. The highest BCUT2D eigenvalue weighted by Gasteiger charge is 2.44. The van der Waals surface area contributed by atoms with Crippen molar-refractivity contribution in [3.8, 4) is 5.75 Å². The van der Waals surface area contributed by atoms with E-state index in [0.29, 0.717) is 17.5 Å². The molecule has 10 nitrogen and oxygen atoms in total. The number of carbonyl (C=O) groups is 3. The summed E-state index contributed by atoms with van der Waals surface area (Å²) in [4.78, 5) is 54.2. The fourth-order valence-corrected chi connectivity index (χ4v) is 6.86. The van der Waals surface area contributed by atoms with Gasteiger partial charge < -0.3 is 24.5 Å². The first-order chi connectivity index (χ1) is 21.0. The summed E-state index contributed by atoms with van der Waals surface area (Å²) in [5.41, 5.74) is 3.73. The predicted molar refractivity (Wildman–Crippen MR) is 155 cm³/mol. The number of methoxy groups -OCH3 is 1. The maximum atomic E-state index is 14.7. The van der Waals surface area contributed by atoms with Gasteiger partial charge in [-0.15, -0.1) is 11.8 Å². The number of rotatable bonds is 5. The minimum absolute atomic E-state index is 0.162. The van der Waals surface area contributed by atoms with Crippen molar-refractivity contribution in [2.75, 3.05) is 25.7 Å². The number of benzene rings is 2. The zero-order chi connectivity index (χ0) is 31.3. The number of thioether (sulfide) groups is 1. The molecule has 0 aliphatic carbocycles. The van der Waals surface area contributed by atoms with Crippen LogP contribution in [0.3, 0.4) is 0 Å². The third-order valence-corrected chi connectivity index (χ3v) is 9.24. The molecular formula is C31H29F2N3O7S. The van der Waals surface area contributed by atoms with E-state index >= 15 is 0 Å². The van der Waals surface area contributed by atoms with Crippen molar-refractivity contribution in [2.24, 2.45) is 5.41 Å². The maximum absolute atomic E-state index is 14.7. The van der Waals surface area contributed by atoms with E-state index in [-0.39, 0.29) is 31.0 Å². The quantitative estimate of drug-likeness (QED) is 0.422. The van der Waals surface area contributed by atoms with Crippen molar-refractivity contribution in [1.29, 1.82) is 0 Å². The van der Waals surface area contributed by atoms with Crippen molar-refractivity contribution in [3.05, 3.63) is 92.4 Å². The molecule has 3 aliphatic rings. The Balaban J connectivity index is 1.35. The molecule has 2 atom stereocenters. The van der Waals surface area contributed by atoms with E-state index < -0.39 is 58.3 Å².